The van der Waals surface area contributed by atoms with E-state index in [-0.39, 0.29) is 12.5 Å². The molecule has 0 bridgehead atoms. The molecule has 7 unspecified atom stereocenters. The molecule has 79 heavy (non-hydrogen) atoms. The Kier molecular flexibility index (Phi) is 55.1. The van der Waals surface area contributed by atoms with Crippen molar-refractivity contribution in [2.24, 2.45) is 0 Å². The normalized spacial score (nSPS) is 19.1. The zero-order chi connectivity index (χ0) is 57.2. The van der Waals surface area contributed by atoms with Gasteiger partial charge < -0.3 is 40.3 Å². The van der Waals surface area contributed by atoms with Gasteiger partial charge in [-0.25, -0.2) is 0 Å². The summed E-state index contributed by atoms with van der Waals surface area (Å²) in [4.78, 5) is 13.1. The van der Waals surface area contributed by atoms with E-state index in [2.05, 4.69) is 92.1 Å². The van der Waals surface area contributed by atoms with Gasteiger partial charge in [-0.1, -0.05) is 292 Å². The van der Waals surface area contributed by atoms with Crippen molar-refractivity contribution in [3.63, 3.8) is 0 Å². The SMILES string of the molecule is CC/C=C\C/C=C\C/C=C\C/C=C\CCCCCCCCCCCCCCCCCCCCCCC(=O)NC(COC1OC(CO)C(O)C(O)C1O)C(O)/C=C/CC/C=C/CC/C=C/CCCCCCCCCCCCCCC. The molecule has 0 aromatic rings. The van der Waals surface area contributed by atoms with Crippen LogP contribution in [0.4, 0.5) is 0 Å². The van der Waals surface area contributed by atoms with Gasteiger partial charge in [0.2, 0.25) is 5.91 Å². The number of hydrogen-bond acceptors (Lipinski definition) is 8. The largest absolute Gasteiger partial charge is 0.394 e. The number of carbonyl (C=O) groups is 1. The molecular weight excluding hydrogens is 983 g/mol. The van der Waals surface area contributed by atoms with Crippen LogP contribution in [0.3, 0.4) is 0 Å². The molecule has 1 aliphatic rings. The van der Waals surface area contributed by atoms with E-state index >= 15 is 0 Å². The van der Waals surface area contributed by atoms with Crippen LogP contribution >= 0.6 is 0 Å². The Balaban J connectivity index is 2.16. The van der Waals surface area contributed by atoms with Crippen molar-refractivity contribution >= 4 is 5.91 Å². The second-order valence-corrected chi connectivity index (χ2v) is 22.9. The average molecular weight is 1110 g/mol. The summed E-state index contributed by atoms with van der Waals surface area (Å²) in [5, 5.41) is 54.7. The maximum absolute atomic E-state index is 13.1. The summed E-state index contributed by atoms with van der Waals surface area (Å²) < 4.78 is 11.3. The fourth-order valence-corrected chi connectivity index (χ4v) is 10.2. The highest BCUT2D eigenvalue weighted by molar-refractivity contribution is 5.76. The molecule has 1 rings (SSSR count). The van der Waals surface area contributed by atoms with Crippen LogP contribution in [0.2, 0.25) is 0 Å². The van der Waals surface area contributed by atoms with E-state index in [0.717, 1.165) is 70.6 Å². The number of nitrogens with one attached hydrogen (secondary N) is 1. The van der Waals surface area contributed by atoms with E-state index < -0.39 is 49.5 Å². The van der Waals surface area contributed by atoms with Gasteiger partial charge >= 0.3 is 0 Å². The monoisotopic (exact) mass is 1110 g/mol. The van der Waals surface area contributed by atoms with Gasteiger partial charge in [-0.2, -0.15) is 0 Å². The smallest absolute Gasteiger partial charge is 0.220 e. The fourth-order valence-electron chi connectivity index (χ4n) is 10.2. The number of unbranched alkanes of at least 4 members (excludes halogenated alkanes) is 35. The summed E-state index contributed by atoms with van der Waals surface area (Å²) >= 11 is 0. The molecule has 0 spiro atoms. The molecule has 458 valence electrons. The second kappa shape index (κ2) is 58.6. The summed E-state index contributed by atoms with van der Waals surface area (Å²) in [6.07, 6.45) is 76.8. The van der Waals surface area contributed by atoms with Gasteiger partial charge in [0.15, 0.2) is 6.29 Å². The average Bonchev–Trinajstić information content (AvgIpc) is 3.47. The Morgan fingerprint density at radius 2 is 0.797 bits per heavy atom. The van der Waals surface area contributed by atoms with Gasteiger partial charge in [-0.15, -0.1) is 0 Å². The van der Waals surface area contributed by atoms with Gasteiger partial charge in [-0.05, 0) is 83.5 Å². The van der Waals surface area contributed by atoms with Crippen molar-refractivity contribution in [1.82, 2.24) is 5.32 Å². The van der Waals surface area contributed by atoms with Crippen molar-refractivity contribution < 1.29 is 39.8 Å². The molecule has 1 fully saturated rings. The van der Waals surface area contributed by atoms with Crippen LogP contribution in [0.5, 0.6) is 0 Å². The predicted octanol–water partition coefficient (Wildman–Crippen LogP) is 17.7. The molecule has 9 heteroatoms. The molecule has 0 saturated carbocycles. The highest BCUT2D eigenvalue weighted by Gasteiger charge is 2.44. The summed E-state index contributed by atoms with van der Waals surface area (Å²) in [6.45, 7) is 3.67. The molecule has 0 aromatic heterocycles. The van der Waals surface area contributed by atoms with E-state index in [1.165, 1.54) is 205 Å². The summed E-state index contributed by atoms with van der Waals surface area (Å²) in [5.74, 6) is -0.188. The number of ether oxygens (including phenoxy) is 2. The molecular formula is C70H125NO8. The van der Waals surface area contributed by atoms with Crippen molar-refractivity contribution in [3.8, 4) is 0 Å². The van der Waals surface area contributed by atoms with Crippen LogP contribution in [0, 0.1) is 0 Å². The van der Waals surface area contributed by atoms with Crippen LogP contribution in [-0.4, -0.2) is 87.5 Å². The Hall–Kier alpha value is -2.63. The minimum absolute atomic E-state index is 0.188. The zero-order valence-electron chi connectivity index (χ0n) is 51.1. The minimum atomic E-state index is -1.58. The number of carbonyl (C=O) groups excluding carboxylic acids is 1. The van der Waals surface area contributed by atoms with Gasteiger partial charge in [0, 0.05) is 6.42 Å². The van der Waals surface area contributed by atoms with E-state index in [4.69, 9.17) is 9.47 Å². The lowest BCUT2D eigenvalue weighted by molar-refractivity contribution is -0.302. The lowest BCUT2D eigenvalue weighted by atomic mass is 9.99. The van der Waals surface area contributed by atoms with Crippen molar-refractivity contribution in [2.75, 3.05) is 13.2 Å². The molecule has 1 heterocycles. The Morgan fingerprint density at radius 3 is 1.22 bits per heavy atom. The first-order chi connectivity index (χ1) is 38.8. The molecule has 0 aromatic carbocycles. The minimum Gasteiger partial charge on any atom is -0.394 e. The zero-order valence-corrected chi connectivity index (χ0v) is 51.1. The van der Waals surface area contributed by atoms with Crippen LogP contribution in [-0.2, 0) is 14.3 Å². The maximum Gasteiger partial charge on any atom is 0.220 e. The van der Waals surface area contributed by atoms with Crippen LogP contribution in [0.1, 0.15) is 296 Å². The number of rotatable bonds is 57. The molecule has 1 saturated heterocycles. The van der Waals surface area contributed by atoms with Crippen LogP contribution in [0.25, 0.3) is 0 Å². The third-order valence-electron chi connectivity index (χ3n) is 15.4. The summed E-state index contributed by atoms with van der Waals surface area (Å²) in [6, 6.07) is -0.832. The van der Waals surface area contributed by atoms with Gasteiger partial charge in [0.05, 0.1) is 25.4 Å². The molecule has 0 aliphatic carbocycles. The van der Waals surface area contributed by atoms with Crippen LogP contribution < -0.4 is 5.32 Å². The third kappa shape index (κ3) is 47.6. The standard InChI is InChI=1S/C70H125NO8/c1-3-5-7-9-11-13-15-17-19-21-23-25-27-28-29-30-31-32-33-34-35-36-38-40-42-44-46-48-50-52-54-56-58-60-66(74)71-63(62-78-70-69(77)68(76)67(75)65(61-72)79-70)64(73)59-57-55-53-51-49-47-45-43-41-39-37-26-24-22-20-18-16-14-12-10-8-6-4-2/h5,7,11,13,17,19,23,25,41,43,49,51,57,59,63-65,67-70,72-73,75-77H,3-4,6,8-10,12,14-16,18,20-22,24,26-40,42,44-48,50,52-56,58,60-62H2,1-2H3,(H,71,74)/b7-5-,13-11-,19-17-,25-23-,43-41+,51-49+,59-57+. The number of amides is 1. The summed E-state index contributed by atoms with van der Waals surface area (Å²) in [7, 11) is 0. The highest BCUT2D eigenvalue weighted by Crippen LogP contribution is 2.23. The van der Waals surface area contributed by atoms with Crippen LogP contribution in [0.15, 0.2) is 85.1 Å². The molecule has 0 radical (unpaired) electrons. The topological polar surface area (TPSA) is 149 Å². The van der Waals surface area contributed by atoms with E-state index in [1.807, 2.05) is 6.08 Å². The van der Waals surface area contributed by atoms with E-state index in [0.29, 0.717) is 6.42 Å². The molecule has 6 N–H and O–H groups in total. The molecule has 1 amide bonds. The quantitative estimate of drug-likeness (QED) is 0.0261. The summed E-state index contributed by atoms with van der Waals surface area (Å²) in [5.41, 5.74) is 0. The lowest BCUT2D eigenvalue weighted by Gasteiger charge is -2.40. The maximum atomic E-state index is 13.1. The molecule has 1 aliphatic heterocycles. The van der Waals surface area contributed by atoms with E-state index in [9.17, 15) is 30.3 Å². The van der Waals surface area contributed by atoms with Gasteiger partial charge in [0.1, 0.15) is 24.4 Å². The molecule has 9 nitrogen and oxygen atoms in total. The fraction of sp³-hybridized carbons (Fsp3) is 0.786. The molecule has 7 atom stereocenters. The second-order valence-electron chi connectivity index (χ2n) is 22.9. The van der Waals surface area contributed by atoms with Gasteiger partial charge in [0.25, 0.3) is 0 Å². The first-order valence-electron chi connectivity index (χ1n) is 33.3. The Bertz CT molecular complexity index is 1520. The third-order valence-corrected chi connectivity index (χ3v) is 15.4. The van der Waals surface area contributed by atoms with Gasteiger partial charge in [-0.3, -0.25) is 4.79 Å². The van der Waals surface area contributed by atoms with E-state index in [1.54, 1.807) is 6.08 Å². The number of hydrogen-bond donors (Lipinski definition) is 6. The Labute approximate surface area is 486 Å². The highest BCUT2D eigenvalue weighted by atomic mass is 16.7. The first-order valence-corrected chi connectivity index (χ1v) is 33.3. The van der Waals surface area contributed by atoms with Crippen molar-refractivity contribution in [1.29, 1.82) is 0 Å². The predicted molar refractivity (Wildman–Crippen MR) is 336 cm³/mol. The Morgan fingerprint density at radius 1 is 0.443 bits per heavy atom. The lowest BCUT2D eigenvalue weighted by Crippen LogP contribution is -2.60. The van der Waals surface area contributed by atoms with Crippen molar-refractivity contribution in [2.45, 2.75) is 339 Å². The van der Waals surface area contributed by atoms with Crippen molar-refractivity contribution in [3.05, 3.63) is 85.1 Å². The number of aliphatic hydroxyl groups excluding tert-OH is 5. The number of allylic oxidation sites excluding steroid dienone is 13. The number of aliphatic hydroxyl groups is 5. The first kappa shape index (κ1) is 74.4.